The number of ketones is 1. The number of methoxy groups -OCH3 is 1. The van der Waals surface area contributed by atoms with Crippen LogP contribution in [0.2, 0.25) is 0 Å². The number of hydrogen-bond acceptors (Lipinski definition) is 6. The van der Waals surface area contributed by atoms with Gasteiger partial charge in [-0.3, -0.25) is 4.79 Å². The van der Waals surface area contributed by atoms with E-state index in [9.17, 15) is 25.2 Å². The predicted molar refractivity (Wildman–Crippen MR) is 164 cm³/mol. The maximum absolute atomic E-state index is 14.2. The first kappa shape index (κ1) is 31.0. The van der Waals surface area contributed by atoms with Crippen LogP contribution in [0.4, 0.5) is 0 Å². The Hall–Kier alpha value is -3.95. The lowest BCUT2D eigenvalue weighted by molar-refractivity contribution is -0.128. The maximum Gasteiger partial charge on any atom is 0.160 e. The van der Waals surface area contributed by atoms with Gasteiger partial charge in [-0.25, -0.2) is 0 Å². The van der Waals surface area contributed by atoms with Gasteiger partial charge in [-0.2, -0.15) is 0 Å². The number of rotatable bonds is 10. The summed E-state index contributed by atoms with van der Waals surface area (Å²) in [6, 6.07) is 20.0. The zero-order valence-electron chi connectivity index (χ0n) is 24.5. The van der Waals surface area contributed by atoms with Crippen molar-refractivity contribution in [2.45, 2.75) is 70.3 Å². The topological polar surface area (TPSA) is 107 Å². The largest absolute Gasteiger partial charge is 0.504 e. The van der Waals surface area contributed by atoms with Crippen molar-refractivity contribution in [3.8, 4) is 34.8 Å². The van der Waals surface area contributed by atoms with Gasteiger partial charge >= 0.3 is 0 Å². The molecule has 0 radical (unpaired) electrons. The van der Waals surface area contributed by atoms with Gasteiger partial charge in [0.15, 0.2) is 23.0 Å². The molecular formula is C36H42O6. The van der Waals surface area contributed by atoms with Crippen molar-refractivity contribution < 1.29 is 30.0 Å². The summed E-state index contributed by atoms with van der Waals surface area (Å²) in [6.45, 7) is 2.11. The second-order valence-electron chi connectivity index (χ2n) is 11.4. The summed E-state index contributed by atoms with van der Waals surface area (Å²) < 4.78 is 5.40. The van der Waals surface area contributed by atoms with Gasteiger partial charge in [-0.05, 0) is 60.2 Å². The van der Waals surface area contributed by atoms with E-state index in [4.69, 9.17) is 4.74 Å². The van der Waals surface area contributed by atoms with Crippen LogP contribution in [0.15, 0.2) is 66.7 Å². The lowest BCUT2D eigenvalue weighted by Gasteiger charge is -2.32. The Morgan fingerprint density at radius 1 is 0.881 bits per heavy atom. The number of benzene rings is 3. The van der Waals surface area contributed by atoms with Crippen molar-refractivity contribution in [1.82, 2.24) is 0 Å². The van der Waals surface area contributed by atoms with Gasteiger partial charge in [0.1, 0.15) is 5.78 Å². The molecule has 6 nitrogen and oxygen atoms in total. The van der Waals surface area contributed by atoms with Gasteiger partial charge in [-0.1, -0.05) is 74.6 Å². The highest BCUT2D eigenvalue weighted by Gasteiger charge is 2.36. The number of phenolic OH excluding ortho intramolecular Hbond substituents is 3. The number of unbranched alkanes of at least 4 members (excludes halogenated alkanes) is 2. The van der Waals surface area contributed by atoms with Crippen LogP contribution in [0.25, 0.3) is 0 Å². The quantitative estimate of drug-likeness (QED) is 0.125. The third kappa shape index (κ3) is 7.86. The molecule has 0 aromatic heterocycles. The molecule has 6 heteroatoms. The molecule has 3 aromatic rings. The number of carbonyl (C=O) groups excluding carboxylic acids is 1. The van der Waals surface area contributed by atoms with E-state index in [0.29, 0.717) is 31.4 Å². The van der Waals surface area contributed by atoms with Gasteiger partial charge in [0.25, 0.3) is 0 Å². The van der Waals surface area contributed by atoms with E-state index in [1.165, 1.54) is 19.2 Å². The molecule has 0 aliphatic heterocycles. The third-order valence-electron chi connectivity index (χ3n) is 8.45. The molecule has 42 heavy (non-hydrogen) atoms. The summed E-state index contributed by atoms with van der Waals surface area (Å²) in [6.07, 6.45) is 4.17. The predicted octanol–water partition coefficient (Wildman–Crippen LogP) is 6.54. The van der Waals surface area contributed by atoms with Crippen molar-refractivity contribution in [2.75, 3.05) is 7.11 Å². The highest BCUT2D eigenvalue weighted by atomic mass is 16.5. The molecule has 1 aliphatic rings. The van der Waals surface area contributed by atoms with Crippen LogP contribution in [-0.2, 0) is 17.6 Å². The van der Waals surface area contributed by atoms with Crippen molar-refractivity contribution in [3.05, 3.63) is 83.4 Å². The van der Waals surface area contributed by atoms with Gasteiger partial charge in [0.2, 0.25) is 0 Å². The normalized spacial score (nSPS) is 22.6. The second kappa shape index (κ2) is 14.8. The highest BCUT2D eigenvalue weighted by Crippen LogP contribution is 2.39. The summed E-state index contributed by atoms with van der Waals surface area (Å²) in [4.78, 5) is 14.2. The molecule has 0 bridgehead atoms. The molecule has 1 aliphatic carbocycles. The molecule has 0 spiro atoms. The van der Waals surface area contributed by atoms with E-state index in [2.05, 4.69) is 30.9 Å². The smallest absolute Gasteiger partial charge is 0.160 e. The molecule has 5 atom stereocenters. The molecule has 4 rings (SSSR count). The Kier molecular flexibility index (Phi) is 10.9. The van der Waals surface area contributed by atoms with Crippen LogP contribution in [0.1, 0.15) is 68.1 Å². The molecule has 0 saturated heterocycles. The van der Waals surface area contributed by atoms with Gasteiger partial charge < -0.3 is 25.2 Å². The average molecular weight is 571 g/mol. The van der Waals surface area contributed by atoms with Crippen LogP contribution in [0, 0.1) is 29.6 Å². The second-order valence-corrected chi connectivity index (χ2v) is 11.4. The molecule has 3 aromatic carbocycles. The van der Waals surface area contributed by atoms with E-state index >= 15 is 0 Å². The van der Waals surface area contributed by atoms with Crippen molar-refractivity contribution >= 4 is 5.78 Å². The number of ether oxygens (including phenoxy) is 1. The van der Waals surface area contributed by atoms with Gasteiger partial charge in [0, 0.05) is 36.5 Å². The number of Topliss-reactive ketones (excluding diaryl/α,β-unsaturated/α-hetero) is 1. The Bertz CT molecular complexity index is 1390. The summed E-state index contributed by atoms with van der Waals surface area (Å²) in [7, 11) is 1.51. The number of aliphatic hydroxyl groups excluding tert-OH is 1. The number of hydrogen-bond donors (Lipinski definition) is 4. The fourth-order valence-corrected chi connectivity index (χ4v) is 6.05. The van der Waals surface area contributed by atoms with E-state index < -0.39 is 12.0 Å². The molecule has 222 valence electrons. The first-order valence-corrected chi connectivity index (χ1v) is 14.9. The number of phenols is 3. The minimum Gasteiger partial charge on any atom is -0.504 e. The molecule has 4 N–H and O–H groups in total. The van der Waals surface area contributed by atoms with Crippen LogP contribution in [0.3, 0.4) is 0 Å². The Balaban J connectivity index is 1.76. The fourth-order valence-electron chi connectivity index (χ4n) is 6.05. The Morgan fingerprint density at radius 3 is 2.36 bits per heavy atom. The lowest BCUT2D eigenvalue weighted by atomic mass is 9.73. The first-order valence-electron chi connectivity index (χ1n) is 14.9. The SMILES string of the molecule is CCCCC[C@@H]1C(=O)C[C@H](c2ccc(O)c(OC)c2)[C@@H](Cc2ccccc2)C#CC[C@@H](Cc2ccc(O)c(O)c2)[C@H]1O. The van der Waals surface area contributed by atoms with Crippen molar-refractivity contribution in [3.63, 3.8) is 0 Å². The van der Waals surface area contributed by atoms with Crippen molar-refractivity contribution in [2.24, 2.45) is 17.8 Å². The molecule has 0 saturated carbocycles. The van der Waals surface area contributed by atoms with E-state index in [0.717, 1.165) is 36.0 Å². The molecule has 0 heterocycles. The van der Waals surface area contributed by atoms with E-state index in [-0.39, 0.29) is 47.2 Å². The van der Waals surface area contributed by atoms with Crippen molar-refractivity contribution in [1.29, 1.82) is 0 Å². The van der Waals surface area contributed by atoms with Gasteiger partial charge in [-0.15, -0.1) is 5.92 Å². The van der Waals surface area contributed by atoms with Crippen LogP contribution in [0.5, 0.6) is 23.0 Å². The van der Waals surface area contributed by atoms with E-state index in [1.807, 2.05) is 24.3 Å². The lowest BCUT2D eigenvalue weighted by Crippen LogP contribution is -2.37. The average Bonchev–Trinajstić information content (AvgIpc) is 2.99. The first-order chi connectivity index (χ1) is 20.3. The molecular weight excluding hydrogens is 528 g/mol. The van der Waals surface area contributed by atoms with Crippen LogP contribution >= 0.6 is 0 Å². The maximum atomic E-state index is 14.2. The standard InChI is InChI=1S/C36H42O6/c1-3-4-6-14-29-33(39)23-30(27-16-18-32(38)35(22-27)42-2)26(19-24-10-7-5-8-11-24)12-9-13-28(36(29)41)20-25-15-17-31(37)34(40)21-25/h5,7-8,10-11,15-18,21-22,26,28-30,36-38,40-41H,3-4,6,13-14,19-20,23H2,1-2H3/t26-,28+,29-,30+,36-/m1/s1. The minimum atomic E-state index is -0.903. The Morgan fingerprint density at radius 2 is 1.64 bits per heavy atom. The summed E-state index contributed by atoms with van der Waals surface area (Å²) in [5, 5.41) is 41.8. The summed E-state index contributed by atoms with van der Waals surface area (Å²) in [5.74, 6) is 5.53. The number of carbonyl (C=O) groups is 1. The van der Waals surface area contributed by atoms with Crippen LogP contribution in [-0.4, -0.2) is 39.4 Å². The molecule has 0 fully saturated rings. The van der Waals surface area contributed by atoms with Crippen LogP contribution < -0.4 is 4.74 Å². The zero-order chi connectivity index (χ0) is 30.1. The summed E-state index contributed by atoms with van der Waals surface area (Å²) >= 11 is 0. The van der Waals surface area contributed by atoms with E-state index in [1.54, 1.807) is 18.2 Å². The molecule has 0 unspecified atom stereocenters. The molecule has 0 amide bonds. The Labute approximate surface area is 249 Å². The third-order valence-corrected chi connectivity index (χ3v) is 8.45. The minimum absolute atomic E-state index is 0.0101. The van der Waals surface area contributed by atoms with Gasteiger partial charge in [0.05, 0.1) is 13.2 Å². The number of aromatic hydroxyl groups is 3. The highest BCUT2D eigenvalue weighted by molar-refractivity contribution is 5.82. The summed E-state index contributed by atoms with van der Waals surface area (Å²) in [5.41, 5.74) is 2.75. The fraction of sp³-hybridized carbons (Fsp3) is 0.417. The zero-order valence-corrected chi connectivity index (χ0v) is 24.5. The number of aliphatic hydroxyl groups is 1. The monoisotopic (exact) mass is 570 g/mol.